The van der Waals surface area contributed by atoms with E-state index in [0.29, 0.717) is 18.0 Å². The van der Waals surface area contributed by atoms with Gasteiger partial charge in [0.05, 0.1) is 12.6 Å². The monoisotopic (exact) mass is 250 g/mol. The van der Waals surface area contributed by atoms with Crippen LogP contribution in [0.4, 0.5) is 0 Å². The highest BCUT2D eigenvalue weighted by Gasteiger charge is 2.30. The topological polar surface area (TPSA) is 72.9 Å². The molecule has 2 aliphatic rings. The summed E-state index contributed by atoms with van der Waals surface area (Å²) in [6.45, 7) is 5.02. The van der Waals surface area contributed by atoms with E-state index in [1.807, 2.05) is 4.68 Å². The minimum atomic E-state index is 0.556. The van der Waals surface area contributed by atoms with E-state index in [2.05, 4.69) is 27.3 Å². The van der Waals surface area contributed by atoms with Crippen LogP contribution in [0, 0.1) is 5.92 Å². The van der Waals surface area contributed by atoms with Crippen LogP contribution in [-0.4, -0.2) is 44.2 Å². The van der Waals surface area contributed by atoms with Crippen molar-refractivity contribution in [1.82, 2.24) is 25.1 Å². The predicted octanol–water partition coefficient (Wildman–Crippen LogP) is 0.567. The molecule has 18 heavy (non-hydrogen) atoms. The Balaban J connectivity index is 1.68. The molecule has 1 saturated carbocycles. The van der Waals surface area contributed by atoms with Crippen LogP contribution in [0.1, 0.15) is 44.5 Å². The van der Waals surface area contributed by atoms with Gasteiger partial charge in [0.25, 0.3) is 0 Å². The second-order valence-corrected chi connectivity index (χ2v) is 5.73. The summed E-state index contributed by atoms with van der Waals surface area (Å²) >= 11 is 0. The van der Waals surface area contributed by atoms with E-state index >= 15 is 0 Å². The zero-order valence-electron chi connectivity index (χ0n) is 11.0. The van der Waals surface area contributed by atoms with Crippen LogP contribution in [-0.2, 0) is 6.54 Å². The molecule has 2 atom stereocenters. The average Bonchev–Trinajstić information content (AvgIpc) is 3.13. The molecule has 0 spiro atoms. The molecule has 1 aliphatic heterocycles. The molecule has 0 bridgehead atoms. The summed E-state index contributed by atoms with van der Waals surface area (Å²) in [5, 5.41) is 12.1. The van der Waals surface area contributed by atoms with E-state index in [-0.39, 0.29) is 0 Å². The van der Waals surface area contributed by atoms with Gasteiger partial charge in [-0.25, -0.2) is 4.68 Å². The van der Waals surface area contributed by atoms with Crippen molar-refractivity contribution in [2.24, 2.45) is 11.7 Å². The maximum absolute atomic E-state index is 5.80. The summed E-state index contributed by atoms with van der Waals surface area (Å²) in [5.74, 6) is 1.65. The van der Waals surface area contributed by atoms with Crippen molar-refractivity contribution in [2.45, 2.75) is 51.2 Å². The van der Waals surface area contributed by atoms with Crippen LogP contribution < -0.4 is 5.73 Å². The second kappa shape index (κ2) is 4.93. The Hall–Kier alpha value is -1.01. The molecular weight excluding hydrogens is 228 g/mol. The fourth-order valence-electron chi connectivity index (χ4n) is 2.78. The second-order valence-electron chi connectivity index (χ2n) is 5.73. The highest BCUT2D eigenvalue weighted by atomic mass is 15.6. The van der Waals surface area contributed by atoms with Gasteiger partial charge < -0.3 is 5.73 Å². The van der Waals surface area contributed by atoms with Crippen LogP contribution in [0.5, 0.6) is 0 Å². The number of hydrogen-bond donors (Lipinski definition) is 1. The zero-order valence-corrected chi connectivity index (χ0v) is 11.0. The van der Waals surface area contributed by atoms with Crippen molar-refractivity contribution >= 4 is 0 Å². The molecule has 1 aromatic heterocycles. The summed E-state index contributed by atoms with van der Waals surface area (Å²) in [6.07, 6.45) is 4.92. The van der Waals surface area contributed by atoms with E-state index in [1.165, 1.54) is 25.7 Å². The van der Waals surface area contributed by atoms with Crippen LogP contribution >= 0.6 is 0 Å². The first kappa shape index (κ1) is 12.0. The molecule has 2 fully saturated rings. The van der Waals surface area contributed by atoms with Gasteiger partial charge in [-0.3, -0.25) is 4.90 Å². The summed E-state index contributed by atoms with van der Waals surface area (Å²) in [5.41, 5.74) is 5.80. The van der Waals surface area contributed by atoms with Crippen LogP contribution in [0.15, 0.2) is 0 Å². The lowest BCUT2D eigenvalue weighted by Gasteiger charge is -2.37. The standard InChI is InChI=1S/C12H22N6/c1-9-2-3-10(6-13)7-17(9)8-12-14-15-16-18(12)11-4-5-11/h9-11H,2-8,13H2,1H3. The zero-order chi connectivity index (χ0) is 12.5. The number of nitrogens with two attached hydrogens (primary N) is 1. The molecule has 2 unspecified atom stereocenters. The number of nitrogens with zero attached hydrogens (tertiary/aromatic N) is 5. The SMILES string of the molecule is CC1CCC(CN)CN1Cc1nnnn1C1CC1. The average molecular weight is 250 g/mol. The molecule has 6 nitrogen and oxygen atoms in total. The van der Waals surface area contributed by atoms with E-state index in [4.69, 9.17) is 5.73 Å². The number of aromatic nitrogens is 4. The Morgan fingerprint density at radius 3 is 2.83 bits per heavy atom. The summed E-state index contributed by atoms with van der Waals surface area (Å²) in [6, 6.07) is 1.16. The van der Waals surface area contributed by atoms with Gasteiger partial charge in [0.2, 0.25) is 0 Å². The van der Waals surface area contributed by atoms with Crippen LogP contribution in [0.3, 0.4) is 0 Å². The highest BCUT2D eigenvalue weighted by Crippen LogP contribution is 2.34. The number of likely N-dealkylation sites (tertiary alicyclic amines) is 1. The predicted molar refractivity (Wildman–Crippen MR) is 67.7 cm³/mol. The molecule has 1 saturated heterocycles. The lowest BCUT2D eigenvalue weighted by molar-refractivity contribution is 0.108. The van der Waals surface area contributed by atoms with Gasteiger partial charge in [0, 0.05) is 12.6 Å². The van der Waals surface area contributed by atoms with Crippen molar-refractivity contribution < 1.29 is 0 Å². The normalized spacial score (nSPS) is 29.7. The number of hydrogen-bond acceptors (Lipinski definition) is 5. The molecule has 6 heteroatoms. The molecule has 2 heterocycles. The van der Waals surface area contributed by atoms with Crippen molar-refractivity contribution in [1.29, 1.82) is 0 Å². The Morgan fingerprint density at radius 2 is 2.11 bits per heavy atom. The third-order valence-electron chi connectivity index (χ3n) is 4.24. The third-order valence-corrected chi connectivity index (χ3v) is 4.24. The lowest BCUT2D eigenvalue weighted by atomic mass is 9.93. The molecule has 0 amide bonds. The third kappa shape index (κ3) is 2.40. The maximum atomic E-state index is 5.80. The quantitative estimate of drug-likeness (QED) is 0.845. The van der Waals surface area contributed by atoms with Crippen molar-refractivity contribution in [3.8, 4) is 0 Å². The minimum Gasteiger partial charge on any atom is -0.330 e. The molecular formula is C12H22N6. The van der Waals surface area contributed by atoms with Gasteiger partial charge >= 0.3 is 0 Å². The van der Waals surface area contributed by atoms with E-state index in [1.54, 1.807) is 0 Å². The fraction of sp³-hybridized carbons (Fsp3) is 0.917. The summed E-state index contributed by atoms with van der Waals surface area (Å²) in [7, 11) is 0. The van der Waals surface area contributed by atoms with Crippen molar-refractivity contribution in [3.05, 3.63) is 5.82 Å². The Bertz CT molecular complexity index is 399. The smallest absolute Gasteiger partial charge is 0.165 e. The Kier molecular flexibility index (Phi) is 3.30. The van der Waals surface area contributed by atoms with Gasteiger partial charge in [0.1, 0.15) is 0 Å². The van der Waals surface area contributed by atoms with Gasteiger partial charge in [0.15, 0.2) is 5.82 Å². The number of rotatable bonds is 4. The van der Waals surface area contributed by atoms with Gasteiger partial charge in [-0.05, 0) is 55.5 Å². The minimum absolute atomic E-state index is 0.556. The molecule has 3 rings (SSSR count). The molecule has 0 radical (unpaired) electrons. The first-order chi connectivity index (χ1) is 8.78. The molecule has 1 aromatic rings. The molecule has 0 aromatic carbocycles. The maximum Gasteiger partial charge on any atom is 0.165 e. The van der Waals surface area contributed by atoms with Crippen LogP contribution in [0.25, 0.3) is 0 Å². The van der Waals surface area contributed by atoms with E-state index in [9.17, 15) is 0 Å². The van der Waals surface area contributed by atoms with E-state index < -0.39 is 0 Å². The largest absolute Gasteiger partial charge is 0.330 e. The Labute approximate surface area is 108 Å². The van der Waals surface area contributed by atoms with Crippen LogP contribution in [0.2, 0.25) is 0 Å². The highest BCUT2D eigenvalue weighted by molar-refractivity contribution is 4.92. The molecule has 100 valence electrons. The number of piperidine rings is 1. The first-order valence-electron chi connectivity index (χ1n) is 6.98. The summed E-state index contributed by atoms with van der Waals surface area (Å²) < 4.78 is 2.01. The van der Waals surface area contributed by atoms with E-state index in [0.717, 1.165) is 25.5 Å². The lowest BCUT2D eigenvalue weighted by Crippen LogP contribution is -2.43. The Morgan fingerprint density at radius 1 is 1.28 bits per heavy atom. The first-order valence-corrected chi connectivity index (χ1v) is 6.98. The van der Waals surface area contributed by atoms with Gasteiger partial charge in [-0.15, -0.1) is 5.10 Å². The number of tetrazole rings is 1. The van der Waals surface area contributed by atoms with Gasteiger partial charge in [-0.1, -0.05) is 0 Å². The van der Waals surface area contributed by atoms with Crippen molar-refractivity contribution in [2.75, 3.05) is 13.1 Å². The fourth-order valence-corrected chi connectivity index (χ4v) is 2.78. The van der Waals surface area contributed by atoms with Crippen molar-refractivity contribution in [3.63, 3.8) is 0 Å². The summed E-state index contributed by atoms with van der Waals surface area (Å²) in [4.78, 5) is 2.48. The molecule has 2 N–H and O–H groups in total. The van der Waals surface area contributed by atoms with Gasteiger partial charge in [-0.2, -0.15) is 0 Å². The molecule has 1 aliphatic carbocycles.